The molecule has 2 saturated heterocycles. The molecule has 4 heteroatoms. The number of nitrogens with zero attached hydrogens (tertiary/aromatic N) is 3. The third kappa shape index (κ3) is 2.23. The normalized spacial score (nSPS) is 29.7. The lowest BCUT2D eigenvalue weighted by Crippen LogP contribution is -2.51. The van der Waals surface area contributed by atoms with E-state index in [0.717, 1.165) is 12.8 Å². The molecule has 2 fully saturated rings. The summed E-state index contributed by atoms with van der Waals surface area (Å²) in [7, 11) is 2.18. The molecule has 0 saturated carbocycles. The maximum Gasteiger partial charge on any atom is 0.168 e. The van der Waals surface area contributed by atoms with Crippen molar-refractivity contribution in [3.63, 3.8) is 0 Å². The van der Waals surface area contributed by atoms with Gasteiger partial charge in [-0.2, -0.15) is 5.26 Å². The average Bonchev–Trinajstić information content (AvgIpc) is 2.46. The van der Waals surface area contributed by atoms with E-state index in [4.69, 9.17) is 5.26 Å². The molecule has 2 atom stereocenters. The van der Waals surface area contributed by atoms with Gasteiger partial charge in [-0.15, -0.1) is 0 Å². The third-order valence-corrected chi connectivity index (χ3v) is 4.89. The summed E-state index contributed by atoms with van der Waals surface area (Å²) in [5.41, 5.74) is 0.768. The van der Waals surface area contributed by atoms with Crippen LogP contribution in [0.5, 0.6) is 0 Å². The van der Waals surface area contributed by atoms with Gasteiger partial charge < -0.3 is 4.90 Å². The van der Waals surface area contributed by atoms with Gasteiger partial charge in [-0.25, -0.2) is 4.98 Å². The highest BCUT2D eigenvalue weighted by atomic mass is 16.1. The molecule has 0 aromatic carbocycles. The number of nitriles is 1. The number of Topliss-reactive ketones (excluding diaryl/α,β-unsaturated/α-hetero) is 1. The molecule has 0 spiro atoms. The first-order valence-corrected chi connectivity index (χ1v) is 7.32. The number of ketones is 1. The van der Waals surface area contributed by atoms with Crippen LogP contribution in [0.15, 0.2) is 18.3 Å². The molecule has 2 aliphatic heterocycles. The first-order chi connectivity index (χ1) is 9.70. The van der Waals surface area contributed by atoms with Crippen molar-refractivity contribution in [3.05, 3.63) is 29.6 Å². The Morgan fingerprint density at radius 2 is 2.10 bits per heavy atom. The fourth-order valence-electron chi connectivity index (χ4n) is 3.74. The highest BCUT2D eigenvalue weighted by Crippen LogP contribution is 2.37. The lowest BCUT2D eigenvalue weighted by molar-refractivity contribution is 0.0338. The van der Waals surface area contributed by atoms with Gasteiger partial charge in [0.2, 0.25) is 0 Å². The van der Waals surface area contributed by atoms with Crippen molar-refractivity contribution < 1.29 is 4.79 Å². The number of piperidine rings is 2. The number of pyridine rings is 1. The van der Waals surface area contributed by atoms with Crippen molar-refractivity contribution in [2.75, 3.05) is 7.05 Å². The van der Waals surface area contributed by atoms with E-state index in [2.05, 4.69) is 16.9 Å². The molecule has 3 heterocycles. The van der Waals surface area contributed by atoms with Gasteiger partial charge >= 0.3 is 0 Å². The van der Waals surface area contributed by atoms with E-state index in [-0.39, 0.29) is 17.4 Å². The molecule has 2 unspecified atom stereocenters. The first kappa shape index (κ1) is 13.3. The van der Waals surface area contributed by atoms with Crippen LogP contribution in [0.1, 0.15) is 48.2 Å². The largest absolute Gasteiger partial charge is 0.300 e. The fourth-order valence-corrected chi connectivity index (χ4v) is 3.74. The summed E-state index contributed by atoms with van der Waals surface area (Å²) >= 11 is 0. The van der Waals surface area contributed by atoms with Gasteiger partial charge in [0.15, 0.2) is 11.5 Å². The molecule has 104 valence electrons. The molecule has 1 aromatic heterocycles. The SMILES string of the molecule is CN1C2CCCC1CC(C(=O)c1cccnc1C#N)C2. The van der Waals surface area contributed by atoms with Crippen LogP contribution in [-0.4, -0.2) is 34.8 Å². The molecule has 2 bridgehead atoms. The maximum atomic E-state index is 12.7. The number of fused-ring (bicyclic) bond motifs is 2. The van der Waals surface area contributed by atoms with Crippen molar-refractivity contribution in [3.8, 4) is 6.07 Å². The zero-order valence-electron chi connectivity index (χ0n) is 11.7. The number of carbonyl (C=O) groups is 1. The Morgan fingerprint density at radius 3 is 2.75 bits per heavy atom. The minimum atomic E-state index is 0.0535. The van der Waals surface area contributed by atoms with Crippen molar-refractivity contribution in [1.82, 2.24) is 9.88 Å². The van der Waals surface area contributed by atoms with Gasteiger partial charge in [-0.1, -0.05) is 6.42 Å². The lowest BCUT2D eigenvalue weighted by atomic mass is 9.76. The summed E-state index contributed by atoms with van der Waals surface area (Å²) < 4.78 is 0. The summed E-state index contributed by atoms with van der Waals surface area (Å²) in [6.07, 6.45) is 7.07. The number of carbonyl (C=O) groups excluding carboxylic acids is 1. The topological polar surface area (TPSA) is 57.0 Å². The van der Waals surface area contributed by atoms with Crippen LogP contribution in [0.3, 0.4) is 0 Å². The van der Waals surface area contributed by atoms with Crippen molar-refractivity contribution in [1.29, 1.82) is 5.26 Å². The molecule has 1 aromatic rings. The van der Waals surface area contributed by atoms with Crippen LogP contribution in [0.2, 0.25) is 0 Å². The Bertz CT molecular complexity index is 549. The van der Waals surface area contributed by atoms with Gasteiger partial charge in [0.25, 0.3) is 0 Å². The highest BCUT2D eigenvalue weighted by Gasteiger charge is 2.39. The fraction of sp³-hybridized carbons (Fsp3) is 0.562. The molecule has 0 N–H and O–H groups in total. The van der Waals surface area contributed by atoms with Crippen molar-refractivity contribution in [2.45, 2.75) is 44.2 Å². The Hall–Kier alpha value is -1.73. The zero-order chi connectivity index (χ0) is 14.1. The third-order valence-electron chi connectivity index (χ3n) is 4.89. The average molecular weight is 269 g/mol. The van der Waals surface area contributed by atoms with Crippen LogP contribution >= 0.6 is 0 Å². The highest BCUT2D eigenvalue weighted by molar-refractivity contribution is 5.99. The smallest absolute Gasteiger partial charge is 0.168 e. The molecule has 0 amide bonds. The van der Waals surface area contributed by atoms with Crippen LogP contribution in [0, 0.1) is 17.2 Å². The monoisotopic (exact) mass is 269 g/mol. The standard InChI is InChI=1S/C16H19N3O/c1-19-12-4-2-5-13(19)9-11(8-12)16(20)14-6-3-7-18-15(14)10-17/h3,6-7,11-13H,2,4-5,8-9H2,1H3. The minimum absolute atomic E-state index is 0.0535. The Morgan fingerprint density at radius 1 is 1.40 bits per heavy atom. The Balaban J connectivity index is 1.83. The van der Waals surface area contributed by atoms with E-state index in [0.29, 0.717) is 17.6 Å². The van der Waals surface area contributed by atoms with Crippen molar-refractivity contribution in [2.24, 2.45) is 5.92 Å². The number of hydrogen-bond donors (Lipinski definition) is 0. The molecule has 3 rings (SSSR count). The first-order valence-electron chi connectivity index (χ1n) is 7.32. The second-order valence-electron chi connectivity index (χ2n) is 5.95. The second-order valence-corrected chi connectivity index (χ2v) is 5.95. The summed E-state index contributed by atoms with van der Waals surface area (Å²) in [6.45, 7) is 0. The van der Waals surface area contributed by atoms with E-state index < -0.39 is 0 Å². The van der Waals surface area contributed by atoms with Crippen LogP contribution in [0.25, 0.3) is 0 Å². The number of hydrogen-bond acceptors (Lipinski definition) is 4. The molecule has 2 aliphatic rings. The van der Waals surface area contributed by atoms with Gasteiger partial charge in [-0.3, -0.25) is 4.79 Å². The molecular weight excluding hydrogens is 250 g/mol. The second kappa shape index (κ2) is 5.34. The van der Waals surface area contributed by atoms with Crippen LogP contribution in [-0.2, 0) is 0 Å². The van der Waals surface area contributed by atoms with E-state index in [1.54, 1.807) is 18.3 Å². The van der Waals surface area contributed by atoms with E-state index in [1.807, 2.05) is 6.07 Å². The van der Waals surface area contributed by atoms with Gasteiger partial charge in [0.05, 0.1) is 5.56 Å². The van der Waals surface area contributed by atoms with Gasteiger partial charge in [-0.05, 0) is 44.9 Å². The molecule has 0 aliphatic carbocycles. The number of aromatic nitrogens is 1. The lowest BCUT2D eigenvalue weighted by Gasteiger charge is -2.46. The quantitative estimate of drug-likeness (QED) is 0.774. The molecule has 0 radical (unpaired) electrons. The van der Waals surface area contributed by atoms with Crippen LogP contribution < -0.4 is 0 Å². The molecule has 4 nitrogen and oxygen atoms in total. The Labute approximate surface area is 119 Å². The van der Waals surface area contributed by atoms with Crippen molar-refractivity contribution >= 4 is 5.78 Å². The Kier molecular flexibility index (Phi) is 3.54. The van der Waals surface area contributed by atoms with E-state index in [9.17, 15) is 4.79 Å². The maximum absolute atomic E-state index is 12.7. The van der Waals surface area contributed by atoms with E-state index >= 15 is 0 Å². The minimum Gasteiger partial charge on any atom is -0.300 e. The molecule has 20 heavy (non-hydrogen) atoms. The predicted molar refractivity (Wildman–Crippen MR) is 75.2 cm³/mol. The zero-order valence-corrected chi connectivity index (χ0v) is 11.7. The summed E-state index contributed by atoms with van der Waals surface area (Å²) in [6, 6.07) is 6.56. The summed E-state index contributed by atoms with van der Waals surface area (Å²) in [4.78, 5) is 19.2. The summed E-state index contributed by atoms with van der Waals surface area (Å²) in [5.74, 6) is 0.164. The number of rotatable bonds is 2. The summed E-state index contributed by atoms with van der Waals surface area (Å²) in [5, 5.41) is 9.10. The predicted octanol–water partition coefficient (Wildman–Crippen LogP) is 2.40. The van der Waals surface area contributed by atoms with Gasteiger partial charge in [0, 0.05) is 24.2 Å². The van der Waals surface area contributed by atoms with E-state index in [1.165, 1.54) is 19.3 Å². The molecular formula is C16H19N3O. The van der Waals surface area contributed by atoms with Gasteiger partial charge in [0.1, 0.15) is 6.07 Å². The van der Waals surface area contributed by atoms with Crippen LogP contribution in [0.4, 0.5) is 0 Å².